The molecule has 0 aliphatic rings. The zero-order chi connectivity index (χ0) is 15.1. The lowest BCUT2D eigenvalue weighted by Crippen LogP contribution is -2.49. The average molecular weight is 299 g/mol. The maximum atomic E-state index is 11.7. The van der Waals surface area contributed by atoms with E-state index in [2.05, 4.69) is 26.0 Å². The highest BCUT2D eigenvalue weighted by Gasteiger charge is 2.08. The quantitative estimate of drug-likeness (QED) is 0.543. The molecule has 20 heavy (non-hydrogen) atoms. The Balaban J connectivity index is 2.34. The molecule has 0 fully saturated rings. The van der Waals surface area contributed by atoms with Gasteiger partial charge in [0, 0.05) is 5.69 Å². The van der Waals surface area contributed by atoms with Gasteiger partial charge in [0.25, 0.3) is 5.91 Å². The summed E-state index contributed by atoms with van der Waals surface area (Å²) >= 11 is 4.80. The molecule has 8 nitrogen and oxygen atoms in total. The number of carbonyl (C=O) groups is 2. The fourth-order valence-electron chi connectivity index (χ4n) is 1.43. The summed E-state index contributed by atoms with van der Waals surface area (Å²) in [5.74, 6) is -0.343. The lowest BCUT2D eigenvalue weighted by atomic mass is 10.4. The summed E-state index contributed by atoms with van der Waals surface area (Å²) in [4.78, 5) is 22.7. The number of carbonyl (C=O) groups excluding carboxylic acids is 2. The van der Waals surface area contributed by atoms with Gasteiger partial charge in [0.05, 0.1) is 12.3 Å². The van der Waals surface area contributed by atoms with Gasteiger partial charge < -0.3 is 4.74 Å². The van der Waals surface area contributed by atoms with Crippen LogP contribution in [0, 0.1) is 13.8 Å². The SMILES string of the molecule is CCOC(=O)NC(=S)NNC(=O)Cn1nc(C)cc1C. The molecule has 1 rings (SSSR count). The Bertz CT molecular complexity index is 514. The number of hydrogen-bond donors (Lipinski definition) is 3. The van der Waals surface area contributed by atoms with E-state index in [1.165, 1.54) is 0 Å². The predicted octanol–water partition coefficient (Wildman–Crippen LogP) is 0.152. The molecule has 9 heteroatoms. The van der Waals surface area contributed by atoms with Crippen molar-refractivity contribution in [1.29, 1.82) is 0 Å². The van der Waals surface area contributed by atoms with Gasteiger partial charge in [-0.05, 0) is 39.1 Å². The van der Waals surface area contributed by atoms with Gasteiger partial charge >= 0.3 is 6.09 Å². The van der Waals surface area contributed by atoms with Gasteiger partial charge in [-0.1, -0.05) is 0 Å². The number of aromatic nitrogens is 2. The normalized spacial score (nSPS) is 9.75. The summed E-state index contributed by atoms with van der Waals surface area (Å²) in [6, 6.07) is 1.87. The Morgan fingerprint density at radius 1 is 1.40 bits per heavy atom. The molecule has 3 N–H and O–H groups in total. The topological polar surface area (TPSA) is 97.3 Å². The molecular formula is C11H17N5O3S. The van der Waals surface area contributed by atoms with Crippen molar-refractivity contribution in [1.82, 2.24) is 25.9 Å². The average Bonchev–Trinajstić information content (AvgIpc) is 2.65. The maximum absolute atomic E-state index is 11.7. The highest BCUT2D eigenvalue weighted by atomic mass is 32.1. The monoisotopic (exact) mass is 299 g/mol. The molecule has 1 aromatic heterocycles. The minimum atomic E-state index is -0.683. The van der Waals surface area contributed by atoms with E-state index in [-0.39, 0.29) is 24.2 Å². The Hall–Kier alpha value is -2.16. The molecule has 0 bridgehead atoms. The van der Waals surface area contributed by atoms with E-state index < -0.39 is 6.09 Å². The van der Waals surface area contributed by atoms with Gasteiger partial charge in [-0.3, -0.25) is 25.6 Å². The molecule has 0 unspecified atom stereocenters. The summed E-state index contributed by atoms with van der Waals surface area (Å²) in [5.41, 5.74) is 6.47. The largest absolute Gasteiger partial charge is 0.450 e. The Morgan fingerprint density at radius 3 is 2.65 bits per heavy atom. The molecule has 1 aromatic rings. The number of nitrogens with zero attached hydrogens (tertiary/aromatic N) is 2. The van der Waals surface area contributed by atoms with Crippen LogP contribution < -0.4 is 16.2 Å². The van der Waals surface area contributed by atoms with Crippen molar-refractivity contribution in [3.63, 3.8) is 0 Å². The van der Waals surface area contributed by atoms with Crippen molar-refractivity contribution in [2.24, 2.45) is 0 Å². The summed E-state index contributed by atoms with van der Waals surface area (Å²) in [7, 11) is 0. The number of hydrogen-bond acceptors (Lipinski definition) is 5. The Kier molecular flexibility index (Phi) is 5.91. The van der Waals surface area contributed by atoms with Gasteiger partial charge in [0.1, 0.15) is 6.54 Å². The highest BCUT2D eigenvalue weighted by molar-refractivity contribution is 7.80. The zero-order valence-corrected chi connectivity index (χ0v) is 12.3. The van der Waals surface area contributed by atoms with Crippen molar-refractivity contribution >= 4 is 29.3 Å². The number of alkyl carbamates (subject to hydrolysis) is 1. The van der Waals surface area contributed by atoms with Crippen molar-refractivity contribution < 1.29 is 14.3 Å². The number of hydrazine groups is 1. The van der Waals surface area contributed by atoms with Gasteiger partial charge in [0.2, 0.25) is 0 Å². The number of rotatable bonds is 3. The first-order valence-corrected chi connectivity index (χ1v) is 6.36. The molecule has 0 radical (unpaired) electrons. The molecule has 0 saturated carbocycles. The first kappa shape index (κ1) is 15.9. The molecule has 0 aliphatic heterocycles. The molecule has 2 amide bonds. The number of thiocarbonyl (C=S) groups is 1. The summed E-state index contributed by atoms with van der Waals surface area (Å²) in [6.45, 7) is 5.66. The molecule has 110 valence electrons. The van der Waals surface area contributed by atoms with Crippen LogP contribution in [0.5, 0.6) is 0 Å². The summed E-state index contributed by atoms with van der Waals surface area (Å²) < 4.78 is 6.19. The van der Waals surface area contributed by atoms with Crippen molar-refractivity contribution in [2.75, 3.05) is 6.61 Å². The van der Waals surface area contributed by atoms with E-state index in [9.17, 15) is 9.59 Å². The third kappa shape index (κ3) is 5.22. The van der Waals surface area contributed by atoms with E-state index in [4.69, 9.17) is 12.2 Å². The third-order valence-corrected chi connectivity index (χ3v) is 2.41. The third-order valence-electron chi connectivity index (χ3n) is 2.20. The molecule has 0 aliphatic carbocycles. The van der Waals surface area contributed by atoms with Crippen molar-refractivity contribution in [3.05, 3.63) is 17.5 Å². The van der Waals surface area contributed by atoms with E-state index in [1.807, 2.05) is 19.9 Å². The van der Waals surface area contributed by atoms with E-state index >= 15 is 0 Å². The van der Waals surface area contributed by atoms with Crippen LogP contribution in [0.4, 0.5) is 4.79 Å². The van der Waals surface area contributed by atoms with Crippen LogP contribution in [-0.2, 0) is 16.1 Å². The van der Waals surface area contributed by atoms with Crippen molar-refractivity contribution in [2.45, 2.75) is 27.3 Å². The molecule has 0 aromatic carbocycles. The second-order valence-corrected chi connectivity index (χ2v) is 4.34. The maximum Gasteiger partial charge on any atom is 0.413 e. The van der Waals surface area contributed by atoms with E-state index in [0.29, 0.717) is 0 Å². The van der Waals surface area contributed by atoms with E-state index in [1.54, 1.807) is 11.6 Å². The molecule has 0 saturated heterocycles. The Morgan fingerprint density at radius 2 is 2.10 bits per heavy atom. The Labute approximate surface area is 121 Å². The second-order valence-electron chi connectivity index (χ2n) is 3.93. The lowest BCUT2D eigenvalue weighted by molar-refractivity contribution is -0.122. The van der Waals surface area contributed by atoms with E-state index in [0.717, 1.165) is 11.4 Å². The zero-order valence-electron chi connectivity index (χ0n) is 11.5. The minimum Gasteiger partial charge on any atom is -0.450 e. The molecule has 0 atom stereocenters. The fraction of sp³-hybridized carbons (Fsp3) is 0.455. The fourth-order valence-corrected chi connectivity index (χ4v) is 1.56. The number of nitrogens with one attached hydrogen (secondary N) is 3. The van der Waals surface area contributed by atoms with Crippen LogP contribution in [0.3, 0.4) is 0 Å². The van der Waals surface area contributed by atoms with Crippen LogP contribution in [-0.4, -0.2) is 33.5 Å². The number of ether oxygens (including phenoxy) is 1. The van der Waals surface area contributed by atoms with Gasteiger partial charge in [0.15, 0.2) is 5.11 Å². The molecule has 1 heterocycles. The number of amides is 2. The van der Waals surface area contributed by atoms with Gasteiger partial charge in [-0.2, -0.15) is 5.10 Å². The first-order chi connectivity index (χ1) is 9.42. The van der Waals surface area contributed by atoms with Gasteiger partial charge in [-0.25, -0.2) is 4.79 Å². The second kappa shape index (κ2) is 7.43. The lowest BCUT2D eigenvalue weighted by Gasteiger charge is -2.11. The number of aryl methyl sites for hydroxylation is 2. The first-order valence-electron chi connectivity index (χ1n) is 5.96. The predicted molar refractivity (Wildman–Crippen MR) is 75.7 cm³/mol. The van der Waals surface area contributed by atoms with Crippen molar-refractivity contribution in [3.8, 4) is 0 Å². The van der Waals surface area contributed by atoms with Crippen LogP contribution in [0.1, 0.15) is 18.3 Å². The smallest absolute Gasteiger partial charge is 0.413 e. The standard InChI is InChI=1S/C11H17N5O3S/c1-4-19-11(18)12-10(20)14-13-9(17)6-16-8(3)5-7(2)15-16/h5H,4,6H2,1-3H3,(H,13,17)(H2,12,14,18,20). The van der Waals surface area contributed by atoms with Crippen LogP contribution >= 0.6 is 12.2 Å². The summed E-state index contributed by atoms with van der Waals surface area (Å²) in [5, 5.41) is 6.34. The molecule has 0 spiro atoms. The van der Waals surface area contributed by atoms with Gasteiger partial charge in [-0.15, -0.1) is 0 Å². The van der Waals surface area contributed by atoms with Crippen LogP contribution in [0.2, 0.25) is 0 Å². The minimum absolute atomic E-state index is 0.0503. The van der Waals surface area contributed by atoms with Crippen LogP contribution in [0.25, 0.3) is 0 Å². The molecular weight excluding hydrogens is 282 g/mol. The summed E-state index contributed by atoms with van der Waals surface area (Å²) in [6.07, 6.45) is -0.683. The highest BCUT2D eigenvalue weighted by Crippen LogP contribution is 2.00. The van der Waals surface area contributed by atoms with Crippen LogP contribution in [0.15, 0.2) is 6.07 Å².